The first-order chi connectivity index (χ1) is 8.67. The van der Waals surface area contributed by atoms with Gasteiger partial charge in [-0.3, -0.25) is 0 Å². The van der Waals surface area contributed by atoms with Crippen LogP contribution in [0.25, 0.3) is 0 Å². The Hall–Kier alpha value is -0.670. The van der Waals surface area contributed by atoms with E-state index in [9.17, 15) is 0 Å². The van der Waals surface area contributed by atoms with Crippen molar-refractivity contribution in [3.05, 3.63) is 24.3 Å². The quantitative estimate of drug-likeness (QED) is 0.844. The molecule has 3 unspecified atom stereocenters. The molecule has 1 aromatic rings. The zero-order chi connectivity index (χ0) is 13.1. The Kier molecular flexibility index (Phi) is 4.57. The lowest BCUT2D eigenvalue weighted by Gasteiger charge is -2.44. The fourth-order valence-corrected chi connectivity index (χ4v) is 3.38. The maximum Gasteiger partial charge on any atom is 0.0379 e. The van der Waals surface area contributed by atoms with Gasteiger partial charge in [-0.25, -0.2) is 0 Å². The molecule has 1 aromatic carbocycles. The van der Waals surface area contributed by atoms with Crippen molar-refractivity contribution >= 4 is 17.4 Å². The van der Waals surface area contributed by atoms with Gasteiger partial charge in [0, 0.05) is 29.2 Å². The molecule has 1 N–H and O–H groups in total. The maximum absolute atomic E-state index is 3.45. The first kappa shape index (κ1) is 13.8. The van der Waals surface area contributed by atoms with E-state index in [2.05, 4.69) is 61.6 Å². The number of nitrogens with one attached hydrogen (secondary N) is 1. The molecule has 0 saturated carbocycles. The second-order valence-electron chi connectivity index (χ2n) is 5.18. The minimum Gasteiger partial charge on any atom is -0.368 e. The van der Waals surface area contributed by atoms with Gasteiger partial charge in [-0.1, -0.05) is 13.0 Å². The van der Waals surface area contributed by atoms with E-state index in [1.807, 2.05) is 11.8 Å². The van der Waals surface area contributed by atoms with E-state index >= 15 is 0 Å². The summed E-state index contributed by atoms with van der Waals surface area (Å²) in [6.45, 7) is 5.85. The van der Waals surface area contributed by atoms with Crippen molar-refractivity contribution in [1.82, 2.24) is 5.32 Å². The molecule has 3 heteroatoms. The molecule has 18 heavy (non-hydrogen) atoms. The van der Waals surface area contributed by atoms with E-state index in [0.717, 1.165) is 6.54 Å². The van der Waals surface area contributed by atoms with Crippen LogP contribution in [0.3, 0.4) is 0 Å². The first-order valence-electron chi connectivity index (χ1n) is 6.75. The molecule has 2 nitrogen and oxygen atoms in total. The van der Waals surface area contributed by atoms with Crippen LogP contribution < -0.4 is 10.2 Å². The number of hydrogen-bond acceptors (Lipinski definition) is 3. The summed E-state index contributed by atoms with van der Waals surface area (Å²) in [7, 11) is 2.08. The van der Waals surface area contributed by atoms with Crippen molar-refractivity contribution in [3.8, 4) is 0 Å². The molecular weight excluding hydrogens is 240 g/mol. The molecule has 1 aliphatic rings. The molecule has 1 heterocycles. The first-order valence-corrected chi connectivity index (χ1v) is 7.97. The van der Waals surface area contributed by atoms with Crippen molar-refractivity contribution < 1.29 is 0 Å². The van der Waals surface area contributed by atoms with Gasteiger partial charge in [-0.2, -0.15) is 0 Å². The Labute approximate surface area is 115 Å². The number of thioether (sulfide) groups is 1. The molecule has 0 aromatic heterocycles. The third-order valence-corrected chi connectivity index (χ3v) is 5.05. The second kappa shape index (κ2) is 5.98. The van der Waals surface area contributed by atoms with E-state index < -0.39 is 0 Å². The normalized spacial score (nSPS) is 28.4. The van der Waals surface area contributed by atoms with Crippen LogP contribution in [0, 0.1) is 5.92 Å². The predicted molar refractivity (Wildman–Crippen MR) is 81.7 cm³/mol. The minimum absolute atomic E-state index is 0.591. The number of rotatable bonds is 3. The smallest absolute Gasteiger partial charge is 0.0379 e. The van der Waals surface area contributed by atoms with Crippen LogP contribution in [0.5, 0.6) is 0 Å². The number of hydrogen-bond donors (Lipinski definition) is 1. The van der Waals surface area contributed by atoms with Gasteiger partial charge in [0.2, 0.25) is 0 Å². The molecule has 0 spiro atoms. The number of anilines is 1. The van der Waals surface area contributed by atoms with Crippen LogP contribution in [-0.4, -0.2) is 31.9 Å². The molecule has 100 valence electrons. The van der Waals surface area contributed by atoms with Crippen LogP contribution in [0.1, 0.15) is 20.3 Å². The zero-order valence-electron chi connectivity index (χ0n) is 11.8. The predicted octanol–water partition coefficient (Wildman–Crippen LogP) is 3.23. The van der Waals surface area contributed by atoms with Crippen molar-refractivity contribution in [2.45, 2.75) is 37.2 Å². The van der Waals surface area contributed by atoms with E-state index in [0.29, 0.717) is 18.0 Å². The molecule has 0 radical (unpaired) electrons. The van der Waals surface area contributed by atoms with Crippen molar-refractivity contribution in [2.75, 3.05) is 24.7 Å². The van der Waals surface area contributed by atoms with Gasteiger partial charge in [-0.15, -0.1) is 11.8 Å². The summed E-state index contributed by atoms with van der Waals surface area (Å²) in [6, 6.07) is 10.1. The van der Waals surface area contributed by atoms with E-state index in [4.69, 9.17) is 0 Å². The highest BCUT2D eigenvalue weighted by Gasteiger charge is 2.31. The second-order valence-corrected chi connectivity index (χ2v) is 6.06. The monoisotopic (exact) mass is 264 g/mol. The van der Waals surface area contributed by atoms with Crippen molar-refractivity contribution in [1.29, 1.82) is 0 Å². The molecule has 1 aliphatic heterocycles. The molecule has 0 aliphatic carbocycles. The summed E-state index contributed by atoms with van der Waals surface area (Å²) in [5.74, 6) is 0.682. The molecule has 1 saturated heterocycles. The zero-order valence-corrected chi connectivity index (χ0v) is 12.6. The van der Waals surface area contributed by atoms with Gasteiger partial charge in [0.15, 0.2) is 0 Å². The lowest BCUT2D eigenvalue weighted by atomic mass is 9.87. The Morgan fingerprint density at radius 2 is 2.11 bits per heavy atom. The topological polar surface area (TPSA) is 15.3 Å². The largest absolute Gasteiger partial charge is 0.368 e. The summed E-state index contributed by atoms with van der Waals surface area (Å²) >= 11 is 1.82. The van der Waals surface area contributed by atoms with Crippen LogP contribution in [0.2, 0.25) is 0 Å². The van der Waals surface area contributed by atoms with Crippen LogP contribution in [0.4, 0.5) is 5.69 Å². The summed E-state index contributed by atoms with van der Waals surface area (Å²) in [4.78, 5) is 3.90. The average Bonchev–Trinajstić information content (AvgIpc) is 2.42. The summed E-state index contributed by atoms with van der Waals surface area (Å²) in [5, 5.41) is 3.45. The molecule has 2 rings (SSSR count). The Balaban J connectivity index is 2.18. The number of nitrogens with zero attached hydrogens (tertiary/aromatic N) is 1. The summed E-state index contributed by atoms with van der Waals surface area (Å²) < 4.78 is 0. The van der Waals surface area contributed by atoms with Gasteiger partial charge < -0.3 is 10.2 Å². The van der Waals surface area contributed by atoms with Gasteiger partial charge in [-0.05, 0) is 50.8 Å². The fourth-order valence-electron chi connectivity index (χ4n) is 2.93. The van der Waals surface area contributed by atoms with Gasteiger partial charge in [0.05, 0.1) is 0 Å². The van der Waals surface area contributed by atoms with Crippen LogP contribution in [-0.2, 0) is 0 Å². The molecule has 1 fully saturated rings. The van der Waals surface area contributed by atoms with E-state index in [-0.39, 0.29) is 0 Å². The fraction of sp³-hybridized carbons (Fsp3) is 0.600. The van der Waals surface area contributed by atoms with Gasteiger partial charge in [0.25, 0.3) is 0 Å². The Morgan fingerprint density at radius 1 is 1.33 bits per heavy atom. The lowest BCUT2D eigenvalue weighted by molar-refractivity contribution is 0.282. The molecular formula is C15H24N2S. The van der Waals surface area contributed by atoms with E-state index in [1.54, 1.807) is 0 Å². The maximum atomic E-state index is 3.45. The number of piperidine rings is 1. The molecule has 3 atom stereocenters. The standard InChI is InChI=1S/C15H24N2S/c1-11-12(2)17(9-8-15(11)16-3)13-6-5-7-14(10-13)18-4/h5-7,10-12,15-16H,8-9H2,1-4H3. The highest BCUT2D eigenvalue weighted by Crippen LogP contribution is 2.30. The third kappa shape index (κ3) is 2.67. The third-order valence-electron chi connectivity index (χ3n) is 4.32. The summed E-state index contributed by atoms with van der Waals surface area (Å²) in [6.07, 6.45) is 3.36. The Bertz CT molecular complexity index is 394. The highest BCUT2D eigenvalue weighted by atomic mass is 32.2. The molecule has 0 amide bonds. The SMILES string of the molecule is CNC1CCN(c2cccc(SC)c2)C(C)C1C. The van der Waals surface area contributed by atoms with Crippen molar-refractivity contribution in [2.24, 2.45) is 5.92 Å². The minimum atomic E-state index is 0.591. The highest BCUT2D eigenvalue weighted by molar-refractivity contribution is 7.98. The number of benzene rings is 1. The lowest BCUT2D eigenvalue weighted by Crippen LogP contribution is -2.52. The summed E-state index contributed by atoms with van der Waals surface area (Å²) in [5.41, 5.74) is 1.37. The van der Waals surface area contributed by atoms with Crippen molar-refractivity contribution in [3.63, 3.8) is 0 Å². The molecule has 0 bridgehead atoms. The Morgan fingerprint density at radius 3 is 2.78 bits per heavy atom. The van der Waals surface area contributed by atoms with Crippen LogP contribution >= 0.6 is 11.8 Å². The van der Waals surface area contributed by atoms with Gasteiger partial charge in [0.1, 0.15) is 0 Å². The van der Waals surface area contributed by atoms with E-state index in [1.165, 1.54) is 17.0 Å². The van der Waals surface area contributed by atoms with Gasteiger partial charge >= 0.3 is 0 Å². The van der Waals surface area contributed by atoms with Crippen LogP contribution in [0.15, 0.2) is 29.2 Å². The average molecular weight is 264 g/mol.